The van der Waals surface area contributed by atoms with E-state index in [2.05, 4.69) is 5.10 Å². The van der Waals surface area contributed by atoms with E-state index in [1.165, 1.54) is 0 Å². The third-order valence-corrected chi connectivity index (χ3v) is 2.10. The molecular weight excluding hydrogens is 178 g/mol. The van der Waals surface area contributed by atoms with Crippen molar-refractivity contribution < 1.29 is 5.11 Å². The van der Waals surface area contributed by atoms with E-state index < -0.39 is 6.10 Å². The largest absolute Gasteiger partial charge is 0.399 e. The van der Waals surface area contributed by atoms with Crippen LogP contribution in [0.2, 0.25) is 0 Å². The maximum Gasteiger partial charge on any atom is 0.0708 e. The zero-order valence-corrected chi connectivity index (χ0v) is 8.01. The predicted molar refractivity (Wildman–Crippen MR) is 55.8 cm³/mol. The average Bonchev–Trinajstić information content (AvgIpc) is 2.47. The maximum absolute atomic E-state index is 9.25. The first-order valence-electron chi connectivity index (χ1n) is 4.56. The summed E-state index contributed by atoms with van der Waals surface area (Å²) in [6, 6.07) is 5.63. The van der Waals surface area contributed by atoms with Gasteiger partial charge in [-0.15, -0.1) is 0 Å². The van der Waals surface area contributed by atoms with Gasteiger partial charge in [0.25, 0.3) is 0 Å². The minimum Gasteiger partial charge on any atom is -0.399 e. The van der Waals surface area contributed by atoms with Crippen molar-refractivity contribution in [3.63, 3.8) is 0 Å². The molecule has 4 heteroatoms. The van der Waals surface area contributed by atoms with Gasteiger partial charge in [0, 0.05) is 11.1 Å². The number of rotatable bonds is 2. The lowest BCUT2D eigenvalue weighted by atomic mass is 10.2. The molecule has 0 unspecified atom stereocenters. The number of aromatic nitrogens is 2. The normalized spacial score (nSPS) is 13.3. The highest BCUT2D eigenvalue weighted by atomic mass is 16.3. The summed E-state index contributed by atoms with van der Waals surface area (Å²) in [6.45, 7) is 2.25. The number of hydrogen-bond acceptors (Lipinski definition) is 3. The Morgan fingerprint density at radius 1 is 1.57 bits per heavy atom. The third kappa shape index (κ3) is 1.56. The molecule has 0 aliphatic carbocycles. The highest BCUT2D eigenvalue weighted by molar-refractivity contribution is 5.81. The van der Waals surface area contributed by atoms with E-state index in [0.29, 0.717) is 6.54 Å². The molecule has 3 N–H and O–H groups in total. The molecule has 0 saturated carbocycles. The Bertz CT molecular complexity index is 448. The van der Waals surface area contributed by atoms with Gasteiger partial charge < -0.3 is 10.8 Å². The number of aliphatic hydroxyl groups excluding tert-OH is 1. The van der Waals surface area contributed by atoms with Gasteiger partial charge in [-0.1, -0.05) is 0 Å². The molecule has 0 bridgehead atoms. The number of nitrogen functional groups attached to an aromatic ring is 1. The van der Waals surface area contributed by atoms with E-state index in [1.54, 1.807) is 17.8 Å². The highest BCUT2D eigenvalue weighted by Gasteiger charge is 2.04. The molecule has 0 aliphatic heterocycles. The van der Waals surface area contributed by atoms with Crippen LogP contribution in [0.5, 0.6) is 0 Å². The molecule has 0 saturated heterocycles. The summed E-state index contributed by atoms with van der Waals surface area (Å²) in [5.74, 6) is 0. The van der Waals surface area contributed by atoms with Crippen molar-refractivity contribution in [1.29, 1.82) is 0 Å². The van der Waals surface area contributed by atoms with Crippen LogP contribution in [-0.2, 0) is 6.54 Å². The molecule has 1 atom stereocenters. The minimum atomic E-state index is -0.393. The summed E-state index contributed by atoms with van der Waals surface area (Å²) in [5.41, 5.74) is 7.38. The van der Waals surface area contributed by atoms with Gasteiger partial charge in [0.1, 0.15) is 0 Å². The van der Waals surface area contributed by atoms with Crippen LogP contribution >= 0.6 is 0 Å². The summed E-state index contributed by atoms with van der Waals surface area (Å²) >= 11 is 0. The third-order valence-electron chi connectivity index (χ3n) is 2.10. The molecule has 0 amide bonds. The second kappa shape index (κ2) is 3.31. The second-order valence-electron chi connectivity index (χ2n) is 3.49. The van der Waals surface area contributed by atoms with Crippen LogP contribution in [0.25, 0.3) is 10.9 Å². The molecule has 2 aromatic rings. The predicted octanol–water partition coefficient (Wildman–Crippen LogP) is 0.999. The topological polar surface area (TPSA) is 64.1 Å². The lowest BCUT2D eigenvalue weighted by Crippen LogP contribution is -2.12. The van der Waals surface area contributed by atoms with Crippen LogP contribution in [0.1, 0.15) is 6.92 Å². The molecule has 0 radical (unpaired) electrons. The van der Waals surface area contributed by atoms with Crippen LogP contribution in [0.15, 0.2) is 24.4 Å². The Labute approximate surface area is 81.9 Å². The smallest absolute Gasteiger partial charge is 0.0708 e. The fourth-order valence-electron chi connectivity index (χ4n) is 1.50. The quantitative estimate of drug-likeness (QED) is 0.696. The van der Waals surface area contributed by atoms with Crippen molar-refractivity contribution in [1.82, 2.24) is 9.78 Å². The van der Waals surface area contributed by atoms with E-state index in [4.69, 9.17) is 5.73 Å². The molecule has 1 heterocycles. The van der Waals surface area contributed by atoms with Crippen molar-refractivity contribution in [3.05, 3.63) is 24.4 Å². The van der Waals surface area contributed by atoms with Gasteiger partial charge >= 0.3 is 0 Å². The Hall–Kier alpha value is -1.55. The summed E-state index contributed by atoms with van der Waals surface area (Å²) < 4.78 is 1.78. The average molecular weight is 191 g/mol. The zero-order chi connectivity index (χ0) is 10.1. The fraction of sp³-hybridized carbons (Fsp3) is 0.300. The van der Waals surface area contributed by atoms with Crippen LogP contribution in [0.4, 0.5) is 5.69 Å². The van der Waals surface area contributed by atoms with Crippen molar-refractivity contribution in [2.45, 2.75) is 19.6 Å². The van der Waals surface area contributed by atoms with Crippen molar-refractivity contribution >= 4 is 16.6 Å². The van der Waals surface area contributed by atoms with Gasteiger partial charge in [-0.05, 0) is 25.1 Å². The van der Waals surface area contributed by atoms with Crippen molar-refractivity contribution in [2.75, 3.05) is 5.73 Å². The number of anilines is 1. The molecule has 0 spiro atoms. The first kappa shape index (κ1) is 9.02. The first-order chi connectivity index (χ1) is 6.66. The molecule has 0 fully saturated rings. The number of aliphatic hydroxyl groups is 1. The Balaban J connectivity index is 2.47. The molecule has 74 valence electrons. The molecule has 14 heavy (non-hydrogen) atoms. The van der Waals surface area contributed by atoms with Gasteiger partial charge in [0.2, 0.25) is 0 Å². The van der Waals surface area contributed by atoms with E-state index >= 15 is 0 Å². The molecular formula is C10H13N3O. The van der Waals surface area contributed by atoms with Crippen LogP contribution in [-0.4, -0.2) is 21.0 Å². The summed E-state index contributed by atoms with van der Waals surface area (Å²) in [5, 5.41) is 14.4. The lowest BCUT2D eigenvalue weighted by molar-refractivity contribution is 0.170. The van der Waals surface area contributed by atoms with Crippen molar-refractivity contribution in [2.24, 2.45) is 0 Å². The number of hydrogen-bond donors (Lipinski definition) is 2. The Morgan fingerprint density at radius 2 is 2.36 bits per heavy atom. The summed E-state index contributed by atoms with van der Waals surface area (Å²) in [7, 11) is 0. The van der Waals surface area contributed by atoms with E-state index in [9.17, 15) is 5.11 Å². The van der Waals surface area contributed by atoms with E-state index in [0.717, 1.165) is 16.6 Å². The van der Waals surface area contributed by atoms with Crippen molar-refractivity contribution in [3.8, 4) is 0 Å². The van der Waals surface area contributed by atoms with Gasteiger partial charge in [0.05, 0.1) is 24.4 Å². The standard InChI is InChI=1S/C10H13N3O/c1-7(14)6-13-10-3-2-9(11)4-8(10)5-12-13/h2-5,7,14H,6,11H2,1H3/t7-/m0/s1. The monoisotopic (exact) mass is 191 g/mol. The van der Waals surface area contributed by atoms with E-state index in [-0.39, 0.29) is 0 Å². The lowest BCUT2D eigenvalue weighted by Gasteiger charge is -2.05. The zero-order valence-electron chi connectivity index (χ0n) is 8.01. The summed E-state index contributed by atoms with van der Waals surface area (Å²) in [4.78, 5) is 0. The Morgan fingerprint density at radius 3 is 3.07 bits per heavy atom. The minimum absolute atomic E-state index is 0.393. The van der Waals surface area contributed by atoms with Crippen LogP contribution in [0.3, 0.4) is 0 Å². The van der Waals surface area contributed by atoms with Gasteiger partial charge in [-0.25, -0.2) is 0 Å². The SMILES string of the molecule is C[C@H](O)Cn1ncc2cc(N)ccc21. The number of nitrogens with zero attached hydrogens (tertiary/aromatic N) is 2. The first-order valence-corrected chi connectivity index (χ1v) is 4.56. The van der Waals surface area contributed by atoms with Gasteiger partial charge in [0.15, 0.2) is 0 Å². The maximum atomic E-state index is 9.25. The Kier molecular flexibility index (Phi) is 2.13. The number of benzene rings is 1. The van der Waals surface area contributed by atoms with Crippen LogP contribution in [0, 0.1) is 0 Å². The fourth-order valence-corrected chi connectivity index (χ4v) is 1.50. The van der Waals surface area contributed by atoms with E-state index in [1.807, 2.05) is 18.2 Å². The number of nitrogens with two attached hydrogens (primary N) is 1. The molecule has 1 aromatic carbocycles. The molecule has 2 rings (SSSR count). The van der Waals surface area contributed by atoms with Gasteiger partial charge in [-0.3, -0.25) is 4.68 Å². The molecule has 0 aliphatic rings. The number of fused-ring (bicyclic) bond motifs is 1. The van der Waals surface area contributed by atoms with Crippen LogP contribution < -0.4 is 5.73 Å². The summed E-state index contributed by atoms with van der Waals surface area (Å²) in [6.07, 6.45) is 1.37. The highest BCUT2D eigenvalue weighted by Crippen LogP contribution is 2.16. The second-order valence-corrected chi connectivity index (χ2v) is 3.49. The molecule has 1 aromatic heterocycles. The van der Waals surface area contributed by atoms with Gasteiger partial charge in [-0.2, -0.15) is 5.10 Å². The molecule has 4 nitrogen and oxygen atoms in total.